The first-order chi connectivity index (χ1) is 14.3. The number of piperidine rings is 1. The Morgan fingerprint density at radius 1 is 0.862 bits per heavy atom. The Kier molecular flexibility index (Phi) is 7.65. The van der Waals surface area contributed by atoms with Crippen LogP contribution in [-0.4, -0.2) is 48.4 Å². The first-order valence-electron chi connectivity index (χ1n) is 12.3. The van der Waals surface area contributed by atoms with Crippen molar-refractivity contribution < 1.29 is 4.79 Å². The van der Waals surface area contributed by atoms with E-state index in [1.165, 1.54) is 83.0 Å². The molecule has 1 atom stereocenters. The van der Waals surface area contributed by atoms with Crippen LogP contribution in [0.5, 0.6) is 0 Å². The lowest BCUT2D eigenvalue weighted by Gasteiger charge is -2.33. The van der Waals surface area contributed by atoms with Crippen molar-refractivity contribution in [3.8, 4) is 0 Å². The molecule has 2 heterocycles. The highest BCUT2D eigenvalue weighted by Gasteiger charge is 2.32. The number of likely N-dealkylation sites (tertiary alicyclic amines) is 2. The largest absolute Gasteiger partial charge is 0.342 e. The van der Waals surface area contributed by atoms with Crippen molar-refractivity contribution in [2.75, 3.05) is 32.7 Å². The minimum Gasteiger partial charge on any atom is -0.342 e. The molecule has 4 rings (SSSR count). The van der Waals surface area contributed by atoms with Crippen LogP contribution in [0.1, 0.15) is 69.8 Å². The summed E-state index contributed by atoms with van der Waals surface area (Å²) in [4.78, 5) is 17.7. The third-order valence-electron chi connectivity index (χ3n) is 7.70. The van der Waals surface area contributed by atoms with E-state index in [1.54, 1.807) is 0 Å². The van der Waals surface area contributed by atoms with Crippen molar-refractivity contribution in [2.24, 2.45) is 17.8 Å². The Morgan fingerprint density at radius 3 is 2.34 bits per heavy atom. The van der Waals surface area contributed by atoms with Crippen LogP contribution in [0.3, 0.4) is 0 Å². The zero-order valence-electron chi connectivity index (χ0n) is 18.2. The molecule has 0 radical (unpaired) electrons. The van der Waals surface area contributed by atoms with Gasteiger partial charge < -0.3 is 9.80 Å². The second kappa shape index (κ2) is 10.6. The number of aryl methyl sites for hydroxylation is 1. The summed E-state index contributed by atoms with van der Waals surface area (Å²) in [5.41, 5.74) is 1.48. The van der Waals surface area contributed by atoms with Gasteiger partial charge in [-0.1, -0.05) is 56.0 Å². The van der Waals surface area contributed by atoms with E-state index in [0.29, 0.717) is 17.7 Å². The maximum Gasteiger partial charge on any atom is 0.225 e. The van der Waals surface area contributed by atoms with Gasteiger partial charge in [-0.15, -0.1) is 0 Å². The molecule has 3 heteroatoms. The van der Waals surface area contributed by atoms with Crippen LogP contribution >= 0.6 is 0 Å². The smallest absolute Gasteiger partial charge is 0.225 e. The summed E-state index contributed by atoms with van der Waals surface area (Å²) in [6, 6.07) is 10.9. The molecule has 0 spiro atoms. The first-order valence-corrected chi connectivity index (χ1v) is 12.3. The molecule has 3 aliphatic rings. The minimum absolute atomic E-state index is 0.342. The Balaban J connectivity index is 1.12. The first kappa shape index (κ1) is 20.9. The fraction of sp³-hybridized carbons (Fsp3) is 0.731. The van der Waals surface area contributed by atoms with Gasteiger partial charge in [0.05, 0.1) is 0 Å². The van der Waals surface area contributed by atoms with Gasteiger partial charge in [0.15, 0.2) is 0 Å². The van der Waals surface area contributed by atoms with Crippen LogP contribution in [-0.2, 0) is 11.2 Å². The zero-order chi connectivity index (χ0) is 19.9. The quantitative estimate of drug-likeness (QED) is 0.636. The van der Waals surface area contributed by atoms with Gasteiger partial charge in [0, 0.05) is 25.6 Å². The molecule has 1 aliphatic carbocycles. The molecule has 0 bridgehead atoms. The van der Waals surface area contributed by atoms with Crippen LogP contribution in [0.2, 0.25) is 0 Å². The third kappa shape index (κ3) is 6.07. The van der Waals surface area contributed by atoms with E-state index in [-0.39, 0.29) is 0 Å². The minimum atomic E-state index is 0.342. The molecule has 3 nitrogen and oxygen atoms in total. The third-order valence-corrected chi connectivity index (χ3v) is 7.70. The van der Waals surface area contributed by atoms with Gasteiger partial charge >= 0.3 is 0 Å². The van der Waals surface area contributed by atoms with Gasteiger partial charge in [0.25, 0.3) is 0 Å². The van der Waals surface area contributed by atoms with Crippen LogP contribution in [0, 0.1) is 17.8 Å². The number of nitrogens with zero attached hydrogens (tertiary/aromatic N) is 2. The van der Waals surface area contributed by atoms with E-state index < -0.39 is 0 Å². The van der Waals surface area contributed by atoms with Crippen molar-refractivity contribution in [3.05, 3.63) is 35.9 Å². The summed E-state index contributed by atoms with van der Waals surface area (Å²) in [7, 11) is 0. The predicted molar refractivity (Wildman–Crippen MR) is 120 cm³/mol. The van der Waals surface area contributed by atoms with E-state index >= 15 is 0 Å². The maximum absolute atomic E-state index is 12.8. The second-order valence-corrected chi connectivity index (χ2v) is 9.90. The van der Waals surface area contributed by atoms with Crippen molar-refractivity contribution in [1.82, 2.24) is 9.80 Å². The average Bonchev–Trinajstić information content (AvgIpc) is 3.24. The number of amides is 1. The summed E-state index contributed by atoms with van der Waals surface area (Å²) in [5.74, 6) is 2.44. The summed E-state index contributed by atoms with van der Waals surface area (Å²) >= 11 is 0. The SMILES string of the molecule is O=C(C1CCCCC1)N1CC[C@@H](CN2CCC(CCCc3ccccc3)CC2)C1. The van der Waals surface area contributed by atoms with Gasteiger partial charge in [0.2, 0.25) is 5.91 Å². The number of carbonyl (C=O) groups is 1. The number of benzene rings is 1. The summed E-state index contributed by atoms with van der Waals surface area (Å²) in [6.07, 6.45) is 14.0. The normalized spacial score (nSPS) is 24.8. The van der Waals surface area contributed by atoms with Crippen LogP contribution < -0.4 is 0 Å². The van der Waals surface area contributed by atoms with E-state index in [9.17, 15) is 4.79 Å². The molecule has 0 N–H and O–H groups in total. The van der Waals surface area contributed by atoms with Gasteiger partial charge in [-0.3, -0.25) is 4.79 Å². The molecule has 160 valence electrons. The van der Waals surface area contributed by atoms with E-state index in [2.05, 4.69) is 40.1 Å². The maximum atomic E-state index is 12.8. The van der Waals surface area contributed by atoms with Crippen molar-refractivity contribution >= 4 is 5.91 Å². The van der Waals surface area contributed by atoms with Crippen molar-refractivity contribution in [2.45, 2.75) is 70.6 Å². The molecule has 1 aromatic rings. The number of carbonyl (C=O) groups excluding carboxylic acids is 1. The Morgan fingerprint density at radius 2 is 1.59 bits per heavy atom. The average molecular weight is 397 g/mol. The Hall–Kier alpha value is -1.35. The van der Waals surface area contributed by atoms with Crippen LogP contribution in [0.4, 0.5) is 0 Å². The van der Waals surface area contributed by atoms with Crippen molar-refractivity contribution in [3.63, 3.8) is 0 Å². The highest BCUT2D eigenvalue weighted by atomic mass is 16.2. The number of hydrogen-bond acceptors (Lipinski definition) is 2. The fourth-order valence-corrected chi connectivity index (χ4v) is 5.85. The Labute approximate surface area is 177 Å². The van der Waals surface area contributed by atoms with Gasteiger partial charge in [-0.25, -0.2) is 0 Å². The summed E-state index contributed by atoms with van der Waals surface area (Å²) < 4.78 is 0. The number of hydrogen-bond donors (Lipinski definition) is 0. The van der Waals surface area contributed by atoms with Crippen molar-refractivity contribution in [1.29, 1.82) is 0 Å². The van der Waals surface area contributed by atoms with E-state index in [4.69, 9.17) is 0 Å². The van der Waals surface area contributed by atoms with E-state index in [1.807, 2.05) is 0 Å². The highest BCUT2D eigenvalue weighted by molar-refractivity contribution is 5.79. The molecule has 29 heavy (non-hydrogen) atoms. The van der Waals surface area contributed by atoms with Gasteiger partial charge in [0.1, 0.15) is 0 Å². The van der Waals surface area contributed by atoms with Crippen LogP contribution in [0.25, 0.3) is 0 Å². The standard InChI is InChI=1S/C26H40N2O/c29-26(25-12-5-2-6-13-25)28-19-16-24(21-28)20-27-17-14-23(15-18-27)11-7-10-22-8-3-1-4-9-22/h1,3-4,8-9,23-25H,2,5-7,10-21H2/t24-/m0/s1. The fourth-order valence-electron chi connectivity index (χ4n) is 5.85. The molecule has 2 aliphatic heterocycles. The number of rotatable bonds is 7. The van der Waals surface area contributed by atoms with Gasteiger partial charge in [-0.05, 0) is 75.4 Å². The lowest BCUT2D eigenvalue weighted by molar-refractivity contribution is -0.135. The molecule has 1 aromatic carbocycles. The molecular formula is C26H40N2O. The molecule has 1 saturated carbocycles. The highest BCUT2D eigenvalue weighted by Crippen LogP contribution is 2.29. The molecular weight excluding hydrogens is 356 g/mol. The lowest BCUT2D eigenvalue weighted by Crippen LogP contribution is -2.39. The topological polar surface area (TPSA) is 23.6 Å². The summed E-state index contributed by atoms with van der Waals surface area (Å²) in [6.45, 7) is 5.78. The second-order valence-electron chi connectivity index (χ2n) is 9.90. The molecule has 2 saturated heterocycles. The molecule has 3 fully saturated rings. The van der Waals surface area contributed by atoms with Gasteiger partial charge in [-0.2, -0.15) is 0 Å². The monoisotopic (exact) mass is 396 g/mol. The zero-order valence-corrected chi connectivity index (χ0v) is 18.2. The summed E-state index contributed by atoms with van der Waals surface area (Å²) in [5, 5.41) is 0. The van der Waals surface area contributed by atoms with E-state index in [0.717, 1.165) is 31.8 Å². The molecule has 0 unspecified atom stereocenters. The molecule has 1 amide bonds. The van der Waals surface area contributed by atoms with Crippen LogP contribution in [0.15, 0.2) is 30.3 Å². The lowest BCUT2D eigenvalue weighted by atomic mass is 9.88. The molecule has 0 aromatic heterocycles. The Bertz CT molecular complexity index is 617. The predicted octanol–water partition coefficient (Wildman–Crippen LogP) is 5.15.